The molecule has 2 unspecified atom stereocenters. The Labute approximate surface area is 662 Å². The van der Waals surface area contributed by atoms with Crippen molar-refractivity contribution in [1.29, 1.82) is 0 Å². The Morgan fingerprint density at radius 1 is 0.500 bits per heavy atom. The third kappa shape index (κ3) is 19.4. The van der Waals surface area contributed by atoms with Crippen molar-refractivity contribution in [2.75, 3.05) is 46.1 Å². The van der Waals surface area contributed by atoms with Crippen LogP contribution in [-0.2, 0) is 96.7 Å². The summed E-state index contributed by atoms with van der Waals surface area (Å²) in [6.07, 6.45) is 7.85. The number of aliphatic hydroxyl groups excluding tert-OH is 1. The number of fused-ring (bicyclic) bond motifs is 4. The molecule has 5 N–H and O–H groups in total. The number of rotatable bonds is 30. The van der Waals surface area contributed by atoms with Gasteiger partial charge >= 0.3 is 30.8 Å². The van der Waals surface area contributed by atoms with E-state index in [9.17, 15) is 33.4 Å². The van der Waals surface area contributed by atoms with Crippen LogP contribution < -0.4 is 22.2 Å². The maximum absolute atomic E-state index is 12.7. The number of aliphatic hydroxyl groups is 1. The number of aromatic nitrogens is 12. The van der Waals surface area contributed by atoms with E-state index in [1.165, 1.54) is 72.9 Å². The van der Waals surface area contributed by atoms with Crippen LogP contribution in [0.4, 0.5) is 0 Å². The first kappa shape index (κ1) is 93.1. The average molecular weight is 1710 g/mol. The first-order valence-electron chi connectivity index (χ1n) is 34.8. The highest BCUT2D eigenvalue weighted by molar-refractivity contribution is 8.07. The summed E-state index contributed by atoms with van der Waals surface area (Å²) in [7, 11) is -6.24. The molecular formula is C67H100N14O23P4S2Si2. The first-order chi connectivity index (χ1) is 51.2. The molecule has 8 aromatic rings. The minimum atomic E-state index is -3.79. The fraction of sp³-hybridized carbons (Fsp3) is 0.612. The van der Waals surface area contributed by atoms with Crippen LogP contribution in [0.3, 0.4) is 0 Å². The first-order valence-corrected chi connectivity index (χ1v) is 47.2. The molecule has 0 radical (unpaired) electrons. The third-order valence-electron chi connectivity index (χ3n) is 20.5. The molecule has 0 aliphatic carbocycles. The van der Waals surface area contributed by atoms with Crippen molar-refractivity contribution >= 4 is 94.2 Å². The normalized spacial score (nSPS) is 26.5. The molecule has 18 atom stereocenters. The molecule has 0 spiro atoms. The van der Waals surface area contributed by atoms with Gasteiger partial charge in [-0.15, -0.1) is 0 Å². The Balaban J connectivity index is 0.000000300. The number of nitrogens with zero attached hydrogens (tertiary/aromatic N) is 14. The number of hydrogen-bond acceptors (Lipinski definition) is 27. The zero-order valence-corrected chi connectivity index (χ0v) is 69.8. The zero-order chi connectivity index (χ0) is 78.0. The molecule has 112 heavy (non-hydrogen) atoms. The van der Waals surface area contributed by atoms with Gasteiger partial charge in [0.1, 0.15) is 55.9 Å². The molecule has 4 saturated heterocycles. The van der Waals surface area contributed by atoms with Crippen molar-refractivity contribution in [2.24, 2.45) is 11.8 Å². The minimum Gasteiger partial charge on any atom is -0.412 e. The standard InChI is InChI=1S/C33H45N7O10P2SSi.C32H43N7O11P2SSi.2CH4.2H2O/c1-9-22-27(28(50-54(7,8)33(3,4)5)30(46-22)40-16-11-25(42)38-18-13-36-32(38)40)49-52(53,44-19-14-34-6)45-20-23-21(2)26(48-51-43)29(47-23)39-15-10-24(41)37-17-12-35-31(37)39;1-20-22(47-28(25(20)48-51-43)38-13-8-23(41)36-15-10-34-30(36)38)19-45-52(53,44-17-12-33-5)49-26-21(18-40)46-29(27(26)50-54(6,7)32(2,3)4)39-14-9-24(42)37-16-11-35-31(37)39;;;;/h10-13,15-18,21-23,26-30H,9,14,19-20H2,1-5,7-8H3;8-11,13-16,20-22,25-29,40H,12,17-19H2,1-4,6-7H3;2*1H4;2*1H2/t21-,22-,23-,26-,27-,28-,29-,30-,52?;20-,21-,22-,25-,26-,27-,28-,29-,52?;;;;/m11..../s1. The molecule has 4 fully saturated rings. The lowest BCUT2D eigenvalue weighted by Crippen LogP contribution is -2.49. The van der Waals surface area contributed by atoms with E-state index in [0.717, 1.165) is 0 Å². The Hall–Kier alpha value is -6.09. The van der Waals surface area contributed by atoms with Crippen LogP contribution in [0.25, 0.3) is 32.8 Å². The summed E-state index contributed by atoms with van der Waals surface area (Å²) in [5.41, 5.74) is -1.08. The summed E-state index contributed by atoms with van der Waals surface area (Å²) in [6.45, 7) is 33.0. The quantitative estimate of drug-likeness (QED) is 0.0190. The maximum atomic E-state index is 12.7. The van der Waals surface area contributed by atoms with Gasteiger partial charge in [-0.25, -0.2) is 42.2 Å². The van der Waals surface area contributed by atoms with Gasteiger partial charge in [-0.2, -0.15) is 0 Å². The number of hydrogen-bond donors (Lipinski definition) is 1. The largest absolute Gasteiger partial charge is 0.412 e. The third-order valence-corrected chi connectivity index (χ3v) is 34.8. The van der Waals surface area contributed by atoms with Crippen molar-refractivity contribution in [2.45, 2.75) is 206 Å². The van der Waals surface area contributed by atoms with Gasteiger partial charge < -0.3 is 71.6 Å². The van der Waals surface area contributed by atoms with Crippen LogP contribution in [0.1, 0.15) is 108 Å². The predicted octanol–water partition coefficient (Wildman–Crippen LogP) is 8.99. The Morgan fingerprint density at radius 3 is 1.08 bits per heavy atom. The Bertz CT molecular complexity index is 4670. The molecule has 8 aromatic heterocycles. The second kappa shape index (κ2) is 38.3. The summed E-state index contributed by atoms with van der Waals surface area (Å²) in [6, 6.07) is 5.57. The fourth-order valence-electron chi connectivity index (χ4n) is 12.6. The van der Waals surface area contributed by atoms with Gasteiger partial charge in [0, 0.05) is 110 Å². The van der Waals surface area contributed by atoms with Gasteiger partial charge in [0.25, 0.3) is 22.2 Å². The molecule has 0 amide bonds. The Morgan fingerprint density at radius 2 is 0.795 bits per heavy atom. The van der Waals surface area contributed by atoms with E-state index < -0.39 is 146 Å². The van der Waals surface area contributed by atoms with Crippen molar-refractivity contribution in [3.8, 4) is 0 Å². The molecule has 4 aliphatic rings. The van der Waals surface area contributed by atoms with E-state index in [-0.39, 0.29) is 104 Å². The van der Waals surface area contributed by atoms with Crippen LogP contribution >= 0.6 is 30.8 Å². The van der Waals surface area contributed by atoms with Gasteiger partial charge in [0.2, 0.25) is 36.2 Å². The maximum Gasteiger partial charge on any atom is 0.327 e. The molecule has 37 nitrogen and oxygen atoms in total. The summed E-state index contributed by atoms with van der Waals surface area (Å²) in [5, 5.41) is 10.2. The van der Waals surface area contributed by atoms with Crippen molar-refractivity contribution in [3.63, 3.8) is 0 Å². The van der Waals surface area contributed by atoms with Gasteiger partial charge in [-0.05, 0) is 66.3 Å². The molecule has 4 aliphatic heterocycles. The molecule has 616 valence electrons. The van der Waals surface area contributed by atoms with Gasteiger partial charge in [-0.1, -0.05) is 77.2 Å². The van der Waals surface area contributed by atoms with E-state index in [1.807, 2.05) is 20.8 Å². The molecule has 45 heteroatoms. The second-order valence-corrected chi connectivity index (χ2v) is 45.4. The van der Waals surface area contributed by atoms with Crippen molar-refractivity contribution in [1.82, 2.24) is 55.8 Å². The van der Waals surface area contributed by atoms with E-state index in [1.54, 1.807) is 61.6 Å². The lowest BCUT2D eigenvalue weighted by molar-refractivity contribution is -0.0528. The molecule has 0 aromatic carbocycles. The molecule has 12 rings (SSSR count). The lowest BCUT2D eigenvalue weighted by atomic mass is 10.0. The fourth-order valence-corrected chi connectivity index (χ4v) is 20.2. The van der Waals surface area contributed by atoms with Gasteiger partial charge in [0.05, 0.1) is 38.1 Å². The number of ether oxygens (including phenoxy) is 4. The lowest BCUT2D eigenvalue weighted by Gasteiger charge is -2.41. The molecule has 0 saturated carbocycles. The van der Waals surface area contributed by atoms with Gasteiger partial charge in [0.15, 0.2) is 41.5 Å². The van der Waals surface area contributed by atoms with Crippen LogP contribution in [0.5, 0.6) is 0 Å². The van der Waals surface area contributed by atoms with Crippen LogP contribution in [0, 0.1) is 25.0 Å². The van der Waals surface area contributed by atoms with Crippen molar-refractivity contribution in [3.05, 3.63) is 163 Å². The van der Waals surface area contributed by atoms with Crippen LogP contribution in [0.2, 0.25) is 36.3 Å². The predicted molar refractivity (Wildman–Crippen MR) is 424 cm³/mol. The topological polar surface area (TPSA) is 413 Å². The van der Waals surface area contributed by atoms with E-state index >= 15 is 0 Å². The van der Waals surface area contributed by atoms with Crippen molar-refractivity contribution < 1.29 is 89.2 Å². The van der Waals surface area contributed by atoms with E-state index in [4.69, 9.17) is 101 Å². The van der Waals surface area contributed by atoms with Crippen LogP contribution in [-0.4, -0.2) is 196 Å². The Kier molecular flexibility index (Phi) is 31.9. The highest BCUT2D eigenvalue weighted by Crippen LogP contribution is 2.58. The molecular weight excluding hydrogens is 1610 g/mol. The number of imidazole rings is 4. The highest BCUT2D eigenvalue weighted by Gasteiger charge is 2.57. The summed E-state index contributed by atoms with van der Waals surface area (Å²) >= 11 is 12.1. The molecule has 0 bridgehead atoms. The van der Waals surface area contributed by atoms with Crippen LogP contribution in [0.15, 0.2) is 118 Å². The van der Waals surface area contributed by atoms with E-state index in [0.29, 0.717) is 29.5 Å². The summed E-state index contributed by atoms with van der Waals surface area (Å²) < 4.78 is 125. The SMILES string of the molecule is C.C.O.O.[C-]#[N+]CCOP(=S)(OC[C@H]1O[C@@H](n2ccc(=O)n3ccnc23)[C@H](OP=O)[C@@H]1C)O[C@H]1[C@@H](O[Si](C)(C)C(C)(C)C)[C@H](n2ccc(=O)n3ccnc23)O[C@@H]1CC.[C-]#[N+]CCOP(=S)(OC[C@H]1O[C@@H](n2ccc(=O)n3ccnc23)[C@H](OP=O)[C@@H]1C)O[C@H]1[C@@H](O[Si](C)(C)C(C)(C)C)[C@H](n2ccc(=O)n3ccnc23)O[C@@H]1CO. The second-order valence-electron chi connectivity index (χ2n) is 29.2. The highest BCUT2D eigenvalue weighted by atomic mass is 32.5. The monoisotopic (exact) mass is 1710 g/mol. The zero-order valence-electron chi connectivity index (χ0n) is 62.6. The smallest absolute Gasteiger partial charge is 0.327 e. The average Bonchev–Trinajstić information content (AvgIpc) is 1.56. The van der Waals surface area contributed by atoms with E-state index in [2.05, 4.69) is 97.4 Å². The summed E-state index contributed by atoms with van der Waals surface area (Å²) in [5.74, 6) is 0.480. The van der Waals surface area contributed by atoms with Gasteiger partial charge in [-0.3, -0.25) is 73.1 Å². The molecule has 12 heterocycles. The minimum absolute atomic E-state index is 0. The summed E-state index contributed by atoms with van der Waals surface area (Å²) in [4.78, 5) is 74.4.